The van der Waals surface area contributed by atoms with Gasteiger partial charge in [-0.05, 0) is 18.6 Å². The second-order valence-corrected chi connectivity index (χ2v) is 4.32. The Morgan fingerprint density at radius 2 is 2.22 bits per heavy atom. The largest absolute Gasteiger partial charge is 0.465 e. The van der Waals surface area contributed by atoms with Crippen LogP contribution in [0.25, 0.3) is 0 Å². The molecule has 1 fully saturated rings. The Bertz CT molecular complexity index is 498. The van der Waals surface area contributed by atoms with Gasteiger partial charge in [0.2, 0.25) is 5.91 Å². The van der Waals surface area contributed by atoms with E-state index in [4.69, 9.17) is 4.74 Å². The number of ether oxygens (including phenoxy) is 1. The Balaban J connectivity index is 2.49. The van der Waals surface area contributed by atoms with Crippen molar-refractivity contribution in [2.45, 2.75) is 19.4 Å². The first-order chi connectivity index (χ1) is 8.54. The molecule has 0 aromatic heterocycles. The highest BCUT2D eigenvalue weighted by atomic mass is 16.5. The number of nitrogens with zero attached hydrogens (tertiary/aromatic N) is 1. The summed E-state index contributed by atoms with van der Waals surface area (Å²) in [4.78, 5) is 25.0. The number of anilines is 1. The second-order valence-electron chi connectivity index (χ2n) is 4.32. The number of carbonyl (C=O) groups is 2. The van der Waals surface area contributed by atoms with Crippen LogP contribution in [0.3, 0.4) is 0 Å². The van der Waals surface area contributed by atoms with Crippen molar-refractivity contribution < 1.29 is 19.4 Å². The Labute approximate surface area is 105 Å². The van der Waals surface area contributed by atoms with Gasteiger partial charge in [0.15, 0.2) is 0 Å². The Kier molecular flexibility index (Phi) is 3.34. The first-order valence-corrected chi connectivity index (χ1v) is 5.71. The smallest absolute Gasteiger partial charge is 0.339 e. The molecule has 0 radical (unpaired) electrons. The van der Waals surface area contributed by atoms with Gasteiger partial charge in [0.05, 0.1) is 37.4 Å². The van der Waals surface area contributed by atoms with Crippen molar-refractivity contribution in [2.24, 2.45) is 0 Å². The van der Waals surface area contributed by atoms with E-state index < -0.39 is 12.1 Å². The van der Waals surface area contributed by atoms with Crippen LogP contribution in [0.4, 0.5) is 5.69 Å². The number of amides is 1. The van der Waals surface area contributed by atoms with Gasteiger partial charge in [-0.25, -0.2) is 4.79 Å². The summed E-state index contributed by atoms with van der Waals surface area (Å²) in [6, 6.07) is 5.17. The molecule has 0 saturated carbocycles. The van der Waals surface area contributed by atoms with E-state index in [1.165, 1.54) is 12.0 Å². The van der Waals surface area contributed by atoms with Crippen LogP contribution in [0.15, 0.2) is 18.2 Å². The summed E-state index contributed by atoms with van der Waals surface area (Å²) in [6.07, 6.45) is -0.586. The fourth-order valence-electron chi connectivity index (χ4n) is 2.20. The molecule has 1 aromatic carbocycles. The third-order valence-corrected chi connectivity index (χ3v) is 3.02. The van der Waals surface area contributed by atoms with E-state index in [0.29, 0.717) is 11.3 Å². The summed E-state index contributed by atoms with van der Waals surface area (Å²) in [7, 11) is 1.30. The summed E-state index contributed by atoms with van der Waals surface area (Å²) >= 11 is 0. The van der Waals surface area contributed by atoms with Gasteiger partial charge in [-0.15, -0.1) is 0 Å². The van der Waals surface area contributed by atoms with E-state index >= 15 is 0 Å². The van der Waals surface area contributed by atoms with Gasteiger partial charge < -0.3 is 14.7 Å². The van der Waals surface area contributed by atoms with Crippen LogP contribution < -0.4 is 4.90 Å². The quantitative estimate of drug-likeness (QED) is 0.790. The first kappa shape index (κ1) is 12.6. The molecule has 18 heavy (non-hydrogen) atoms. The third-order valence-electron chi connectivity index (χ3n) is 3.02. The molecule has 96 valence electrons. The van der Waals surface area contributed by atoms with Crippen molar-refractivity contribution in [3.63, 3.8) is 0 Å². The summed E-state index contributed by atoms with van der Waals surface area (Å²) in [5.41, 5.74) is 1.69. The number of carbonyl (C=O) groups excluding carboxylic acids is 2. The normalized spacial score (nSPS) is 19.2. The van der Waals surface area contributed by atoms with Crippen LogP contribution in [0.1, 0.15) is 22.3 Å². The zero-order chi connectivity index (χ0) is 13.3. The van der Waals surface area contributed by atoms with Crippen molar-refractivity contribution >= 4 is 17.6 Å². The minimum absolute atomic E-state index is 0.0922. The topological polar surface area (TPSA) is 66.8 Å². The van der Waals surface area contributed by atoms with Gasteiger partial charge in [-0.1, -0.05) is 12.1 Å². The van der Waals surface area contributed by atoms with Crippen LogP contribution in [0.2, 0.25) is 0 Å². The number of esters is 1. The van der Waals surface area contributed by atoms with Crippen LogP contribution in [-0.4, -0.2) is 36.7 Å². The number of aliphatic hydroxyl groups is 1. The van der Waals surface area contributed by atoms with Crippen LogP contribution in [0, 0.1) is 6.92 Å². The standard InChI is InChI=1S/C13H15NO4/c1-8-4-3-5-10(13(17)18-2)12(8)14-7-9(15)6-11(14)16/h3-5,9,15H,6-7H2,1-2H3. The van der Waals surface area contributed by atoms with Crippen molar-refractivity contribution in [1.82, 2.24) is 0 Å². The van der Waals surface area contributed by atoms with E-state index in [2.05, 4.69) is 0 Å². The lowest BCUT2D eigenvalue weighted by molar-refractivity contribution is -0.117. The predicted octanol–water partition coefficient (Wildman–Crippen LogP) is 0.879. The average Bonchev–Trinajstić information content (AvgIpc) is 2.67. The second kappa shape index (κ2) is 4.78. The summed E-state index contributed by atoms with van der Waals surface area (Å²) in [6.45, 7) is 2.04. The molecule has 0 bridgehead atoms. The maximum Gasteiger partial charge on any atom is 0.339 e. The number of hydrogen-bond donors (Lipinski definition) is 1. The number of hydrogen-bond acceptors (Lipinski definition) is 4. The van der Waals surface area contributed by atoms with Crippen molar-refractivity contribution in [1.29, 1.82) is 0 Å². The highest BCUT2D eigenvalue weighted by Gasteiger charge is 2.32. The Morgan fingerprint density at radius 1 is 1.50 bits per heavy atom. The summed E-state index contributed by atoms with van der Waals surface area (Å²) < 4.78 is 4.71. The van der Waals surface area contributed by atoms with Gasteiger partial charge in [0.25, 0.3) is 0 Å². The molecule has 2 rings (SSSR count). The zero-order valence-corrected chi connectivity index (χ0v) is 10.3. The lowest BCUT2D eigenvalue weighted by atomic mass is 10.1. The molecule has 0 aliphatic carbocycles. The number of benzene rings is 1. The van der Waals surface area contributed by atoms with E-state index in [1.54, 1.807) is 12.1 Å². The number of aryl methyl sites for hydroxylation is 1. The molecule has 1 atom stereocenters. The molecule has 1 saturated heterocycles. The first-order valence-electron chi connectivity index (χ1n) is 5.71. The van der Waals surface area contributed by atoms with E-state index in [1.807, 2.05) is 13.0 Å². The SMILES string of the molecule is COC(=O)c1cccc(C)c1N1CC(O)CC1=O. The highest BCUT2D eigenvalue weighted by molar-refractivity contribution is 6.04. The average molecular weight is 249 g/mol. The number of rotatable bonds is 2. The lowest BCUT2D eigenvalue weighted by Gasteiger charge is -2.21. The molecule has 1 aromatic rings. The van der Waals surface area contributed by atoms with Gasteiger partial charge in [0.1, 0.15) is 0 Å². The minimum Gasteiger partial charge on any atom is -0.465 e. The van der Waals surface area contributed by atoms with Crippen LogP contribution >= 0.6 is 0 Å². The van der Waals surface area contributed by atoms with Gasteiger partial charge in [0, 0.05) is 0 Å². The third kappa shape index (κ3) is 2.09. The molecular weight excluding hydrogens is 234 g/mol. The highest BCUT2D eigenvalue weighted by Crippen LogP contribution is 2.29. The van der Waals surface area contributed by atoms with Gasteiger partial charge in [-0.3, -0.25) is 4.79 Å². The molecule has 1 aliphatic rings. The Hall–Kier alpha value is -1.88. The fourth-order valence-corrected chi connectivity index (χ4v) is 2.20. The maximum absolute atomic E-state index is 11.8. The molecule has 5 heteroatoms. The summed E-state index contributed by atoms with van der Waals surface area (Å²) in [5, 5.41) is 9.53. The molecule has 1 unspecified atom stereocenters. The summed E-state index contributed by atoms with van der Waals surface area (Å²) in [5.74, 6) is -0.662. The molecule has 1 heterocycles. The van der Waals surface area contributed by atoms with Crippen molar-refractivity contribution in [3.8, 4) is 0 Å². The maximum atomic E-state index is 11.8. The van der Waals surface area contributed by atoms with Gasteiger partial charge >= 0.3 is 5.97 Å². The molecule has 5 nitrogen and oxygen atoms in total. The number of aliphatic hydroxyl groups excluding tert-OH is 1. The minimum atomic E-state index is -0.678. The number of para-hydroxylation sites is 1. The molecular formula is C13H15NO4. The molecule has 0 spiro atoms. The molecule has 1 amide bonds. The van der Waals surface area contributed by atoms with E-state index in [0.717, 1.165) is 5.56 Å². The molecule has 1 N–H and O–H groups in total. The zero-order valence-electron chi connectivity index (χ0n) is 10.3. The van der Waals surface area contributed by atoms with Gasteiger partial charge in [-0.2, -0.15) is 0 Å². The van der Waals surface area contributed by atoms with Crippen LogP contribution in [0.5, 0.6) is 0 Å². The monoisotopic (exact) mass is 249 g/mol. The number of methoxy groups -OCH3 is 1. The fraction of sp³-hybridized carbons (Fsp3) is 0.385. The van der Waals surface area contributed by atoms with Crippen LogP contribution in [-0.2, 0) is 9.53 Å². The number of β-amino-alcohol motifs (C(OH)–C–C–N with tert-alkyl or cyclic N) is 1. The Morgan fingerprint density at radius 3 is 2.78 bits per heavy atom. The molecule has 1 aliphatic heterocycles. The lowest BCUT2D eigenvalue weighted by Crippen LogP contribution is -2.28. The van der Waals surface area contributed by atoms with Crippen molar-refractivity contribution in [2.75, 3.05) is 18.6 Å². The van der Waals surface area contributed by atoms with E-state index in [9.17, 15) is 14.7 Å². The predicted molar refractivity (Wildman–Crippen MR) is 65.5 cm³/mol. The van der Waals surface area contributed by atoms with Crippen molar-refractivity contribution in [3.05, 3.63) is 29.3 Å². The van der Waals surface area contributed by atoms with E-state index in [-0.39, 0.29) is 18.9 Å².